The van der Waals surface area contributed by atoms with E-state index in [1.807, 2.05) is 26.8 Å². The van der Waals surface area contributed by atoms with Crippen molar-refractivity contribution in [1.82, 2.24) is 0 Å². The van der Waals surface area contributed by atoms with Crippen molar-refractivity contribution in [2.75, 3.05) is 0 Å². The second-order valence-corrected chi connectivity index (χ2v) is 6.04. The molecule has 0 fully saturated rings. The Balaban J connectivity index is 2.33. The van der Waals surface area contributed by atoms with Crippen LogP contribution in [0.25, 0.3) is 0 Å². The molecular formula is C17H18BrFO. The van der Waals surface area contributed by atoms with Gasteiger partial charge in [0.05, 0.1) is 10.6 Å². The minimum atomic E-state index is -0.631. The van der Waals surface area contributed by atoms with E-state index in [0.717, 1.165) is 22.3 Å². The van der Waals surface area contributed by atoms with E-state index in [0.29, 0.717) is 10.9 Å². The average Bonchev–Trinajstić information content (AvgIpc) is 2.33. The van der Waals surface area contributed by atoms with Gasteiger partial charge in [0.25, 0.3) is 0 Å². The normalized spacial score (nSPS) is 12.5. The number of hydrogen-bond donors (Lipinski definition) is 1. The summed E-state index contributed by atoms with van der Waals surface area (Å²) in [6.07, 6.45) is -0.239. The van der Waals surface area contributed by atoms with Gasteiger partial charge < -0.3 is 5.11 Å². The Morgan fingerprint density at radius 2 is 1.75 bits per heavy atom. The summed E-state index contributed by atoms with van der Waals surface area (Å²) in [4.78, 5) is 0. The highest BCUT2D eigenvalue weighted by atomic mass is 79.9. The smallest absolute Gasteiger partial charge is 0.137 e. The fourth-order valence-corrected chi connectivity index (χ4v) is 3.16. The van der Waals surface area contributed by atoms with E-state index in [9.17, 15) is 9.50 Å². The van der Waals surface area contributed by atoms with Gasteiger partial charge >= 0.3 is 0 Å². The Hall–Kier alpha value is -1.19. The van der Waals surface area contributed by atoms with Gasteiger partial charge in [0.15, 0.2) is 0 Å². The molecule has 0 aliphatic heterocycles. The summed E-state index contributed by atoms with van der Waals surface area (Å²) in [6.45, 7) is 6.04. The van der Waals surface area contributed by atoms with Crippen LogP contribution in [-0.4, -0.2) is 5.11 Å². The molecule has 0 saturated heterocycles. The summed E-state index contributed by atoms with van der Waals surface area (Å²) < 4.78 is 13.9. The Labute approximate surface area is 127 Å². The molecule has 0 radical (unpaired) electrons. The quantitative estimate of drug-likeness (QED) is 0.854. The van der Waals surface area contributed by atoms with Crippen LogP contribution in [0.2, 0.25) is 0 Å². The molecule has 1 unspecified atom stereocenters. The molecular weight excluding hydrogens is 319 g/mol. The molecule has 2 aromatic rings. The van der Waals surface area contributed by atoms with Crippen LogP contribution in [0.4, 0.5) is 4.39 Å². The van der Waals surface area contributed by atoms with Crippen LogP contribution in [0.15, 0.2) is 34.8 Å². The predicted octanol–water partition coefficient (Wildman–Crippen LogP) is 4.79. The lowest BCUT2D eigenvalue weighted by Gasteiger charge is -2.18. The molecule has 0 spiro atoms. The Morgan fingerprint density at radius 1 is 1.15 bits per heavy atom. The zero-order valence-electron chi connectivity index (χ0n) is 11.9. The first-order valence-corrected chi connectivity index (χ1v) is 7.38. The zero-order chi connectivity index (χ0) is 14.9. The van der Waals surface area contributed by atoms with Crippen LogP contribution < -0.4 is 0 Å². The van der Waals surface area contributed by atoms with Gasteiger partial charge in [-0.05, 0) is 65.0 Å². The average molecular weight is 337 g/mol. The number of aryl methyl sites for hydroxylation is 3. The molecule has 0 saturated carbocycles. The van der Waals surface area contributed by atoms with Gasteiger partial charge in [0, 0.05) is 6.42 Å². The van der Waals surface area contributed by atoms with E-state index < -0.39 is 6.10 Å². The minimum Gasteiger partial charge on any atom is -0.388 e. The SMILES string of the molecule is Cc1cc(C)c(C(O)Cc2cccc(F)c2Br)c(C)c1. The van der Waals surface area contributed by atoms with Crippen molar-refractivity contribution in [2.45, 2.75) is 33.3 Å². The molecule has 1 atom stereocenters. The van der Waals surface area contributed by atoms with E-state index in [4.69, 9.17) is 0 Å². The first kappa shape index (κ1) is 15.2. The Bertz CT molecular complexity index is 614. The third-order valence-corrected chi connectivity index (χ3v) is 4.40. The number of hydrogen-bond acceptors (Lipinski definition) is 1. The van der Waals surface area contributed by atoms with Crippen molar-refractivity contribution in [3.8, 4) is 0 Å². The zero-order valence-corrected chi connectivity index (χ0v) is 13.5. The van der Waals surface area contributed by atoms with Gasteiger partial charge in [-0.1, -0.05) is 29.8 Å². The molecule has 106 valence electrons. The standard InChI is InChI=1S/C17H18BrFO/c1-10-7-11(2)16(12(3)8-10)15(20)9-13-5-4-6-14(19)17(13)18/h4-8,15,20H,9H2,1-3H3. The summed E-state index contributed by atoms with van der Waals surface area (Å²) >= 11 is 3.24. The van der Waals surface area contributed by atoms with Crippen LogP contribution >= 0.6 is 15.9 Å². The van der Waals surface area contributed by atoms with Crippen molar-refractivity contribution in [3.63, 3.8) is 0 Å². The van der Waals surface area contributed by atoms with Gasteiger partial charge in [0.1, 0.15) is 5.82 Å². The van der Waals surface area contributed by atoms with Gasteiger partial charge in [-0.25, -0.2) is 4.39 Å². The van der Waals surface area contributed by atoms with Gasteiger partial charge in [0.2, 0.25) is 0 Å². The molecule has 0 aliphatic rings. The van der Waals surface area contributed by atoms with E-state index in [1.165, 1.54) is 11.6 Å². The maximum Gasteiger partial charge on any atom is 0.137 e. The second-order valence-electron chi connectivity index (χ2n) is 5.25. The van der Waals surface area contributed by atoms with Crippen LogP contribution in [0.3, 0.4) is 0 Å². The van der Waals surface area contributed by atoms with Crippen LogP contribution in [0.1, 0.15) is 33.9 Å². The van der Waals surface area contributed by atoms with Gasteiger partial charge in [-0.2, -0.15) is 0 Å². The third-order valence-electron chi connectivity index (χ3n) is 3.52. The molecule has 0 aromatic heterocycles. The second kappa shape index (κ2) is 6.06. The molecule has 1 N–H and O–H groups in total. The number of rotatable bonds is 3. The molecule has 0 heterocycles. The summed E-state index contributed by atoms with van der Waals surface area (Å²) in [5.41, 5.74) is 5.04. The van der Waals surface area contributed by atoms with Crippen LogP contribution in [-0.2, 0) is 6.42 Å². The molecule has 2 rings (SSSR count). The maximum atomic E-state index is 13.5. The molecule has 2 aromatic carbocycles. The Kier molecular flexibility index (Phi) is 4.61. The number of halogens is 2. The summed E-state index contributed by atoms with van der Waals surface area (Å²) in [6, 6.07) is 9.02. The van der Waals surface area contributed by atoms with Crippen molar-refractivity contribution in [3.05, 3.63) is 68.4 Å². The molecule has 3 heteroatoms. The van der Waals surface area contributed by atoms with E-state index in [-0.39, 0.29) is 5.82 Å². The van der Waals surface area contributed by atoms with Crippen LogP contribution in [0.5, 0.6) is 0 Å². The third kappa shape index (κ3) is 3.10. The fraction of sp³-hybridized carbons (Fsp3) is 0.294. The van der Waals surface area contributed by atoms with Crippen molar-refractivity contribution >= 4 is 15.9 Å². The number of aliphatic hydroxyl groups is 1. The Morgan fingerprint density at radius 3 is 2.35 bits per heavy atom. The maximum absolute atomic E-state index is 13.5. The summed E-state index contributed by atoms with van der Waals surface area (Å²) in [5, 5.41) is 10.5. The highest BCUT2D eigenvalue weighted by Crippen LogP contribution is 2.29. The molecule has 0 aliphatic carbocycles. The van der Waals surface area contributed by atoms with E-state index >= 15 is 0 Å². The lowest BCUT2D eigenvalue weighted by Crippen LogP contribution is -2.07. The van der Waals surface area contributed by atoms with Crippen molar-refractivity contribution in [2.24, 2.45) is 0 Å². The topological polar surface area (TPSA) is 20.2 Å². The van der Waals surface area contributed by atoms with Crippen molar-refractivity contribution < 1.29 is 9.50 Å². The lowest BCUT2D eigenvalue weighted by molar-refractivity contribution is 0.176. The fourth-order valence-electron chi connectivity index (χ4n) is 2.73. The number of benzene rings is 2. The molecule has 1 nitrogen and oxygen atoms in total. The van der Waals surface area contributed by atoms with Crippen molar-refractivity contribution in [1.29, 1.82) is 0 Å². The van der Waals surface area contributed by atoms with Gasteiger partial charge in [-0.3, -0.25) is 0 Å². The first-order chi connectivity index (χ1) is 9.40. The highest BCUT2D eigenvalue weighted by molar-refractivity contribution is 9.10. The van der Waals surface area contributed by atoms with Crippen LogP contribution in [0, 0.1) is 26.6 Å². The minimum absolute atomic E-state index is 0.299. The highest BCUT2D eigenvalue weighted by Gasteiger charge is 2.16. The van der Waals surface area contributed by atoms with E-state index in [2.05, 4.69) is 28.1 Å². The summed E-state index contributed by atoms with van der Waals surface area (Å²) in [5.74, 6) is -0.299. The number of aliphatic hydroxyl groups excluding tert-OH is 1. The lowest BCUT2D eigenvalue weighted by atomic mass is 9.92. The van der Waals surface area contributed by atoms with E-state index in [1.54, 1.807) is 6.07 Å². The molecule has 0 bridgehead atoms. The largest absolute Gasteiger partial charge is 0.388 e. The molecule has 0 amide bonds. The monoisotopic (exact) mass is 336 g/mol. The molecule has 20 heavy (non-hydrogen) atoms. The summed E-state index contributed by atoms with van der Waals surface area (Å²) in [7, 11) is 0. The predicted molar refractivity (Wildman–Crippen MR) is 83.4 cm³/mol. The first-order valence-electron chi connectivity index (χ1n) is 6.59. The van der Waals surface area contributed by atoms with Gasteiger partial charge in [-0.15, -0.1) is 0 Å².